The number of ether oxygens (including phenoxy) is 1. The van der Waals surface area contributed by atoms with E-state index < -0.39 is 0 Å². The highest BCUT2D eigenvalue weighted by molar-refractivity contribution is 7.08. The van der Waals surface area contributed by atoms with Gasteiger partial charge in [-0.05, 0) is 23.6 Å². The topological polar surface area (TPSA) is 51.2 Å². The highest BCUT2D eigenvalue weighted by Gasteiger charge is 2.13. The van der Waals surface area contributed by atoms with Gasteiger partial charge < -0.3 is 10.1 Å². The molecule has 0 radical (unpaired) electrons. The maximum Gasteiger partial charge on any atom is 0.252 e. The normalized spacial score (nSPS) is 10.8. The van der Waals surface area contributed by atoms with Gasteiger partial charge in [-0.25, -0.2) is 4.98 Å². The van der Waals surface area contributed by atoms with Gasteiger partial charge in [-0.2, -0.15) is 11.3 Å². The Balaban J connectivity index is 2.05. The molecule has 0 fully saturated rings. The molecule has 1 amide bonds. The molecule has 5 heteroatoms. The Bertz CT molecular complexity index is 784. The molecule has 0 aliphatic carbocycles. The van der Waals surface area contributed by atoms with Gasteiger partial charge in [0, 0.05) is 30.0 Å². The number of carbonyl (C=O) groups excluding carboxylic acids is 1. The number of para-hydroxylation sites is 1. The first kappa shape index (κ1) is 14.7. The van der Waals surface area contributed by atoms with E-state index in [0.717, 1.165) is 22.2 Å². The quantitative estimate of drug-likeness (QED) is 0.735. The summed E-state index contributed by atoms with van der Waals surface area (Å²) in [6.07, 6.45) is 0. The molecular formula is C17H16N2O2S. The van der Waals surface area contributed by atoms with Gasteiger partial charge in [-0.1, -0.05) is 18.2 Å². The second-order valence-corrected chi connectivity index (χ2v) is 5.61. The molecule has 112 valence electrons. The monoisotopic (exact) mass is 312 g/mol. The summed E-state index contributed by atoms with van der Waals surface area (Å²) in [6.45, 7) is 0.978. The number of carbonyl (C=O) groups is 1. The Kier molecular flexibility index (Phi) is 4.46. The maximum absolute atomic E-state index is 12.5. The van der Waals surface area contributed by atoms with Crippen LogP contribution in [0.15, 0.2) is 47.2 Å². The van der Waals surface area contributed by atoms with Crippen LogP contribution < -0.4 is 5.32 Å². The number of pyridine rings is 1. The van der Waals surface area contributed by atoms with E-state index in [2.05, 4.69) is 10.3 Å². The Morgan fingerprint density at radius 2 is 2.18 bits per heavy atom. The van der Waals surface area contributed by atoms with E-state index in [1.165, 1.54) is 0 Å². The molecule has 22 heavy (non-hydrogen) atoms. The lowest BCUT2D eigenvalue weighted by Gasteiger charge is -2.09. The Morgan fingerprint density at radius 3 is 2.95 bits per heavy atom. The van der Waals surface area contributed by atoms with E-state index >= 15 is 0 Å². The molecule has 2 aromatic heterocycles. The van der Waals surface area contributed by atoms with Gasteiger partial charge in [0.25, 0.3) is 5.91 Å². The second-order valence-electron chi connectivity index (χ2n) is 4.83. The van der Waals surface area contributed by atoms with Crippen molar-refractivity contribution in [1.82, 2.24) is 10.3 Å². The van der Waals surface area contributed by atoms with Gasteiger partial charge in [0.05, 0.1) is 23.4 Å². The zero-order valence-electron chi connectivity index (χ0n) is 12.2. The summed E-state index contributed by atoms with van der Waals surface area (Å²) in [5.74, 6) is -0.105. The predicted molar refractivity (Wildman–Crippen MR) is 89.3 cm³/mol. The molecule has 4 nitrogen and oxygen atoms in total. The van der Waals surface area contributed by atoms with E-state index in [9.17, 15) is 4.79 Å². The second kappa shape index (κ2) is 6.68. The van der Waals surface area contributed by atoms with Crippen molar-refractivity contribution in [1.29, 1.82) is 0 Å². The van der Waals surface area contributed by atoms with Crippen molar-refractivity contribution in [3.05, 3.63) is 52.7 Å². The molecule has 0 bridgehead atoms. The Morgan fingerprint density at radius 1 is 1.32 bits per heavy atom. The number of amides is 1. The van der Waals surface area contributed by atoms with Crippen molar-refractivity contribution in [3.8, 4) is 11.3 Å². The third-order valence-corrected chi connectivity index (χ3v) is 4.05. The van der Waals surface area contributed by atoms with E-state index in [1.54, 1.807) is 18.4 Å². The number of thiophene rings is 1. The standard InChI is InChI=1S/C17H16N2O2S/c1-21-8-7-18-17(20)14-10-16(12-6-9-22-11-12)19-15-5-3-2-4-13(14)15/h2-6,9-11H,7-8H2,1H3,(H,18,20). The number of methoxy groups -OCH3 is 1. The van der Waals surface area contributed by atoms with Crippen LogP contribution in [0.4, 0.5) is 0 Å². The highest BCUT2D eigenvalue weighted by Crippen LogP contribution is 2.26. The van der Waals surface area contributed by atoms with Gasteiger partial charge >= 0.3 is 0 Å². The molecule has 0 unspecified atom stereocenters. The molecular weight excluding hydrogens is 296 g/mol. The van der Waals surface area contributed by atoms with Crippen molar-refractivity contribution >= 4 is 28.1 Å². The molecule has 3 rings (SSSR count). The number of aromatic nitrogens is 1. The average molecular weight is 312 g/mol. The Labute approximate surface area is 132 Å². The fraction of sp³-hybridized carbons (Fsp3) is 0.176. The summed E-state index contributed by atoms with van der Waals surface area (Å²) in [6, 6.07) is 11.6. The van der Waals surface area contributed by atoms with E-state index in [0.29, 0.717) is 18.7 Å². The molecule has 3 aromatic rings. The van der Waals surface area contributed by atoms with Gasteiger partial charge in [-0.15, -0.1) is 0 Å². The summed E-state index contributed by atoms with van der Waals surface area (Å²) >= 11 is 1.61. The molecule has 1 N–H and O–H groups in total. The minimum absolute atomic E-state index is 0.105. The van der Waals surface area contributed by atoms with Crippen molar-refractivity contribution < 1.29 is 9.53 Å². The minimum Gasteiger partial charge on any atom is -0.383 e. The van der Waals surface area contributed by atoms with Crippen LogP contribution >= 0.6 is 11.3 Å². The van der Waals surface area contributed by atoms with Crippen molar-refractivity contribution in [2.45, 2.75) is 0 Å². The van der Waals surface area contributed by atoms with Gasteiger partial charge in [-0.3, -0.25) is 4.79 Å². The van der Waals surface area contributed by atoms with Crippen LogP contribution in [0.1, 0.15) is 10.4 Å². The van der Waals surface area contributed by atoms with E-state index in [4.69, 9.17) is 4.74 Å². The lowest BCUT2D eigenvalue weighted by Crippen LogP contribution is -2.27. The number of hydrogen-bond donors (Lipinski definition) is 1. The van der Waals surface area contributed by atoms with Crippen LogP contribution in [0.2, 0.25) is 0 Å². The smallest absolute Gasteiger partial charge is 0.252 e. The zero-order chi connectivity index (χ0) is 15.4. The largest absolute Gasteiger partial charge is 0.383 e. The van der Waals surface area contributed by atoms with Crippen LogP contribution in [0.5, 0.6) is 0 Å². The Hall–Kier alpha value is -2.24. The number of fused-ring (bicyclic) bond motifs is 1. The summed E-state index contributed by atoms with van der Waals surface area (Å²) < 4.78 is 4.97. The van der Waals surface area contributed by atoms with E-state index in [-0.39, 0.29) is 5.91 Å². The van der Waals surface area contributed by atoms with Gasteiger partial charge in [0.15, 0.2) is 0 Å². The van der Waals surface area contributed by atoms with Crippen LogP contribution in [0.25, 0.3) is 22.2 Å². The highest BCUT2D eigenvalue weighted by atomic mass is 32.1. The number of nitrogens with zero attached hydrogens (tertiary/aromatic N) is 1. The lowest BCUT2D eigenvalue weighted by molar-refractivity contribution is 0.0938. The van der Waals surface area contributed by atoms with Crippen LogP contribution in [-0.2, 0) is 4.74 Å². The SMILES string of the molecule is COCCNC(=O)c1cc(-c2ccsc2)nc2ccccc12. The first-order valence-electron chi connectivity index (χ1n) is 6.99. The molecule has 0 aliphatic rings. The predicted octanol–water partition coefficient (Wildman–Crippen LogP) is 3.34. The number of benzene rings is 1. The third-order valence-electron chi connectivity index (χ3n) is 3.37. The summed E-state index contributed by atoms with van der Waals surface area (Å²) in [7, 11) is 1.61. The molecule has 1 aromatic carbocycles. The van der Waals surface area contributed by atoms with Gasteiger partial charge in [0.1, 0.15) is 0 Å². The molecule has 0 atom stereocenters. The molecule has 0 saturated carbocycles. The van der Waals surface area contributed by atoms with Crippen LogP contribution in [0.3, 0.4) is 0 Å². The minimum atomic E-state index is -0.105. The number of rotatable bonds is 5. The third kappa shape index (κ3) is 3.00. The maximum atomic E-state index is 12.5. The lowest BCUT2D eigenvalue weighted by atomic mass is 10.0. The first-order valence-corrected chi connectivity index (χ1v) is 7.93. The fourth-order valence-electron chi connectivity index (χ4n) is 2.28. The van der Waals surface area contributed by atoms with Crippen LogP contribution in [-0.4, -0.2) is 31.2 Å². The van der Waals surface area contributed by atoms with E-state index in [1.807, 2.05) is 47.2 Å². The number of nitrogens with one attached hydrogen (secondary N) is 1. The van der Waals surface area contributed by atoms with Crippen LogP contribution in [0, 0.1) is 0 Å². The molecule has 0 saturated heterocycles. The molecule has 0 spiro atoms. The summed E-state index contributed by atoms with van der Waals surface area (Å²) in [5, 5.41) is 7.77. The summed E-state index contributed by atoms with van der Waals surface area (Å²) in [4.78, 5) is 17.1. The molecule has 0 aliphatic heterocycles. The van der Waals surface area contributed by atoms with Crippen molar-refractivity contribution in [3.63, 3.8) is 0 Å². The van der Waals surface area contributed by atoms with Crippen molar-refractivity contribution in [2.75, 3.05) is 20.3 Å². The fourth-order valence-corrected chi connectivity index (χ4v) is 2.93. The van der Waals surface area contributed by atoms with Crippen molar-refractivity contribution in [2.24, 2.45) is 0 Å². The van der Waals surface area contributed by atoms with Gasteiger partial charge in [0.2, 0.25) is 0 Å². The number of hydrogen-bond acceptors (Lipinski definition) is 4. The summed E-state index contributed by atoms with van der Waals surface area (Å²) in [5.41, 5.74) is 3.31. The molecule has 2 heterocycles. The first-order chi connectivity index (χ1) is 10.8. The average Bonchev–Trinajstić information content (AvgIpc) is 3.08. The zero-order valence-corrected chi connectivity index (χ0v) is 13.0.